The molecule has 0 radical (unpaired) electrons. The number of hydrogen-bond acceptors (Lipinski definition) is 3. The Hall–Kier alpha value is -1.52. The van der Waals surface area contributed by atoms with Crippen molar-refractivity contribution in [1.82, 2.24) is 14.9 Å². The standard InChI is InChI=1S/C15H18ClN3O/c1-20-15-3-2-12(16)8-13(15)19-10-18-9-14(19)11-4-6-17-7-5-11/h2-3,8-11,17H,4-7H2,1H3. The van der Waals surface area contributed by atoms with E-state index in [1.165, 1.54) is 5.69 Å². The lowest BCUT2D eigenvalue weighted by Crippen LogP contribution is -2.27. The maximum absolute atomic E-state index is 6.13. The minimum absolute atomic E-state index is 0.530. The van der Waals surface area contributed by atoms with Crippen molar-refractivity contribution >= 4 is 11.6 Å². The van der Waals surface area contributed by atoms with Crippen LogP contribution >= 0.6 is 11.6 Å². The van der Waals surface area contributed by atoms with Gasteiger partial charge in [0.05, 0.1) is 19.1 Å². The Morgan fingerprint density at radius 1 is 1.35 bits per heavy atom. The van der Waals surface area contributed by atoms with Crippen molar-refractivity contribution in [2.24, 2.45) is 0 Å². The monoisotopic (exact) mass is 291 g/mol. The van der Waals surface area contributed by atoms with Gasteiger partial charge in [0, 0.05) is 22.8 Å². The van der Waals surface area contributed by atoms with Gasteiger partial charge in [0.15, 0.2) is 0 Å². The number of imidazole rings is 1. The summed E-state index contributed by atoms with van der Waals surface area (Å²) in [4.78, 5) is 4.32. The molecule has 1 aromatic heterocycles. The molecule has 3 rings (SSSR count). The predicted molar refractivity (Wildman–Crippen MR) is 80.0 cm³/mol. The third-order valence-electron chi connectivity index (χ3n) is 3.82. The summed E-state index contributed by atoms with van der Waals surface area (Å²) in [6.07, 6.45) is 6.06. The Labute approximate surface area is 123 Å². The molecular weight excluding hydrogens is 274 g/mol. The van der Waals surface area contributed by atoms with Crippen molar-refractivity contribution in [1.29, 1.82) is 0 Å². The van der Waals surface area contributed by atoms with E-state index in [0.717, 1.165) is 37.4 Å². The van der Waals surface area contributed by atoms with Gasteiger partial charge in [0.2, 0.25) is 0 Å². The molecule has 0 atom stereocenters. The zero-order valence-corrected chi connectivity index (χ0v) is 12.2. The number of benzene rings is 1. The normalized spacial score (nSPS) is 16.3. The number of methoxy groups -OCH3 is 1. The Bertz CT molecular complexity index is 591. The van der Waals surface area contributed by atoms with Crippen LogP contribution in [-0.4, -0.2) is 29.8 Å². The molecule has 0 amide bonds. The highest BCUT2D eigenvalue weighted by Crippen LogP contribution is 2.32. The molecule has 0 spiro atoms. The average molecular weight is 292 g/mol. The molecule has 0 unspecified atom stereocenters. The second-order valence-corrected chi connectivity index (χ2v) is 5.47. The van der Waals surface area contributed by atoms with E-state index in [1.807, 2.05) is 30.7 Å². The van der Waals surface area contributed by atoms with Crippen LogP contribution in [0.4, 0.5) is 0 Å². The quantitative estimate of drug-likeness (QED) is 0.945. The fraction of sp³-hybridized carbons (Fsp3) is 0.400. The molecule has 1 aliphatic rings. The molecule has 4 nitrogen and oxygen atoms in total. The average Bonchev–Trinajstić information content (AvgIpc) is 2.97. The van der Waals surface area contributed by atoms with E-state index in [9.17, 15) is 0 Å². The van der Waals surface area contributed by atoms with Gasteiger partial charge in [-0.1, -0.05) is 11.6 Å². The maximum atomic E-state index is 6.13. The van der Waals surface area contributed by atoms with Gasteiger partial charge in [-0.05, 0) is 44.1 Å². The topological polar surface area (TPSA) is 39.1 Å². The van der Waals surface area contributed by atoms with Crippen molar-refractivity contribution in [2.45, 2.75) is 18.8 Å². The molecule has 1 N–H and O–H groups in total. The Kier molecular flexibility index (Phi) is 3.94. The van der Waals surface area contributed by atoms with Gasteiger partial charge >= 0.3 is 0 Å². The molecule has 1 aliphatic heterocycles. The number of nitrogens with zero attached hydrogens (tertiary/aromatic N) is 2. The zero-order chi connectivity index (χ0) is 13.9. The summed E-state index contributed by atoms with van der Waals surface area (Å²) < 4.78 is 7.54. The van der Waals surface area contributed by atoms with Crippen LogP contribution in [0.2, 0.25) is 5.02 Å². The largest absolute Gasteiger partial charge is 0.495 e. The number of halogens is 1. The molecule has 1 fully saturated rings. The van der Waals surface area contributed by atoms with Crippen LogP contribution in [0, 0.1) is 0 Å². The third-order valence-corrected chi connectivity index (χ3v) is 4.06. The number of nitrogens with one attached hydrogen (secondary N) is 1. The number of rotatable bonds is 3. The lowest BCUT2D eigenvalue weighted by atomic mass is 9.95. The van der Waals surface area contributed by atoms with E-state index in [0.29, 0.717) is 10.9 Å². The van der Waals surface area contributed by atoms with E-state index in [2.05, 4.69) is 14.9 Å². The second-order valence-electron chi connectivity index (χ2n) is 5.03. The van der Waals surface area contributed by atoms with Crippen LogP contribution in [0.3, 0.4) is 0 Å². The number of hydrogen-bond donors (Lipinski definition) is 1. The van der Waals surface area contributed by atoms with Gasteiger partial charge in [-0.15, -0.1) is 0 Å². The highest BCUT2D eigenvalue weighted by atomic mass is 35.5. The van der Waals surface area contributed by atoms with Gasteiger partial charge in [-0.2, -0.15) is 0 Å². The summed E-state index contributed by atoms with van der Waals surface area (Å²) in [6, 6.07) is 5.65. The highest BCUT2D eigenvalue weighted by molar-refractivity contribution is 6.30. The summed E-state index contributed by atoms with van der Waals surface area (Å²) in [5.41, 5.74) is 2.18. The molecule has 0 bridgehead atoms. The summed E-state index contributed by atoms with van der Waals surface area (Å²) in [7, 11) is 1.67. The van der Waals surface area contributed by atoms with Crippen LogP contribution in [0.25, 0.3) is 5.69 Å². The fourth-order valence-corrected chi connectivity index (χ4v) is 2.94. The first-order chi connectivity index (χ1) is 9.79. The van der Waals surface area contributed by atoms with Crippen LogP contribution in [0.5, 0.6) is 5.75 Å². The molecular formula is C15H18ClN3O. The van der Waals surface area contributed by atoms with Crippen molar-refractivity contribution in [3.05, 3.63) is 41.4 Å². The number of ether oxygens (including phenoxy) is 1. The van der Waals surface area contributed by atoms with E-state index in [4.69, 9.17) is 16.3 Å². The van der Waals surface area contributed by atoms with Crippen molar-refractivity contribution in [2.75, 3.05) is 20.2 Å². The molecule has 106 valence electrons. The van der Waals surface area contributed by atoms with Crippen LogP contribution < -0.4 is 10.1 Å². The minimum atomic E-state index is 0.530. The van der Waals surface area contributed by atoms with E-state index < -0.39 is 0 Å². The van der Waals surface area contributed by atoms with Gasteiger partial charge in [0.25, 0.3) is 0 Å². The molecule has 0 aliphatic carbocycles. The Balaban J connectivity index is 2.02. The molecule has 1 aromatic carbocycles. The van der Waals surface area contributed by atoms with Crippen LogP contribution in [-0.2, 0) is 0 Å². The molecule has 2 heterocycles. The minimum Gasteiger partial charge on any atom is -0.495 e. The maximum Gasteiger partial charge on any atom is 0.142 e. The SMILES string of the molecule is COc1ccc(Cl)cc1-n1cncc1C1CCNCC1. The Morgan fingerprint density at radius 2 is 2.15 bits per heavy atom. The molecule has 2 aromatic rings. The smallest absolute Gasteiger partial charge is 0.142 e. The van der Waals surface area contributed by atoms with Crippen molar-refractivity contribution in [3.8, 4) is 11.4 Å². The van der Waals surface area contributed by atoms with Gasteiger partial charge < -0.3 is 10.1 Å². The third kappa shape index (κ3) is 2.53. The van der Waals surface area contributed by atoms with Crippen LogP contribution in [0.1, 0.15) is 24.5 Å². The predicted octanol–water partition coefficient (Wildman–Crippen LogP) is 3.00. The van der Waals surface area contributed by atoms with Crippen molar-refractivity contribution in [3.63, 3.8) is 0 Å². The van der Waals surface area contributed by atoms with E-state index in [1.54, 1.807) is 7.11 Å². The lowest BCUT2D eigenvalue weighted by molar-refractivity contribution is 0.410. The van der Waals surface area contributed by atoms with Crippen LogP contribution in [0.15, 0.2) is 30.7 Å². The second kappa shape index (κ2) is 5.85. The highest BCUT2D eigenvalue weighted by Gasteiger charge is 2.20. The Morgan fingerprint density at radius 3 is 2.90 bits per heavy atom. The summed E-state index contributed by atoms with van der Waals surface area (Å²) in [5, 5.41) is 4.09. The summed E-state index contributed by atoms with van der Waals surface area (Å²) >= 11 is 6.13. The molecule has 5 heteroatoms. The zero-order valence-electron chi connectivity index (χ0n) is 11.5. The molecule has 0 saturated carbocycles. The summed E-state index contributed by atoms with van der Waals surface area (Å²) in [5.74, 6) is 1.34. The molecule has 20 heavy (non-hydrogen) atoms. The van der Waals surface area contributed by atoms with Crippen molar-refractivity contribution < 1.29 is 4.74 Å². The van der Waals surface area contributed by atoms with Gasteiger partial charge in [-0.25, -0.2) is 4.98 Å². The number of aromatic nitrogens is 2. The first-order valence-corrected chi connectivity index (χ1v) is 7.24. The van der Waals surface area contributed by atoms with E-state index >= 15 is 0 Å². The first kappa shape index (κ1) is 13.5. The number of piperidine rings is 1. The van der Waals surface area contributed by atoms with E-state index in [-0.39, 0.29) is 0 Å². The fourth-order valence-electron chi connectivity index (χ4n) is 2.78. The van der Waals surface area contributed by atoms with Gasteiger partial charge in [0.1, 0.15) is 5.75 Å². The first-order valence-electron chi connectivity index (χ1n) is 6.86. The lowest BCUT2D eigenvalue weighted by Gasteiger charge is -2.24. The summed E-state index contributed by atoms with van der Waals surface area (Å²) in [6.45, 7) is 2.12. The molecule has 1 saturated heterocycles. The van der Waals surface area contributed by atoms with Gasteiger partial charge in [-0.3, -0.25) is 4.57 Å².